The van der Waals surface area contributed by atoms with Crippen LogP contribution in [0, 0.1) is 0 Å². The van der Waals surface area contributed by atoms with Crippen LogP contribution in [0.1, 0.15) is 5.56 Å². The lowest BCUT2D eigenvalue weighted by Gasteiger charge is -2.10. The molecule has 11 heavy (non-hydrogen) atoms. The van der Waals surface area contributed by atoms with E-state index >= 15 is 0 Å². The molecule has 1 aliphatic heterocycles. The summed E-state index contributed by atoms with van der Waals surface area (Å²) in [5.41, 5.74) is 2.37. The fourth-order valence-electron chi connectivity index (χ4n) is 1.11. The molecule has 0 spiro atoms. The number of rotatable bonds is 0. The molecule has 0 saturated carbocycles. The van der Waals surface area contributed by atoms with Gasteiger partial charge in [-0.05, 0) is 28.7 Å². The predicted octanol–water partition coefficient (Wildman–Crippen LogP) is 3.32. The average molecular weight is 160 g/mol. The van der Waals surface area contributed by atoms with Gasteiger partial charge in [-0.15, -0.1) is 0 Å². The summed E-state index contributed by atoms with van der Waals surface area (Å²) in [6.45, 7) is 3.96. The molecular weight excluding hydrogens is 152 g/mol. The Hall–Kier alpha value is -0.950. The van der Waals surface area contributed by atoms with Gasteiger partial charge in [0.25, 0.3) is 0 Å². The molecule has 0 unspecified atom stereocenters. The summed E-state index contributed by atoms with van der Waals surface area (Å²) in [5.74, 6) is 0. The van der Waals surface area contributed by atoms with Gasteiger partial charge < -0.3 is 0 Å². The molecule has 0 amide bonds. The van der Waals surface area contributed by atoms with Crippen molar-refractivity contribution in [3.05, 3.63) is 47.9 Å². The van der Waals surface area contributed by atoms with Crippen LogP contribution in [0.15, 0.2) is 47.2 Å². The summed E-state index contributed by atoms with van der Waals surface area (Å²) in [4.78, 5) is 1.31. The highest BCUT2D eigenvalue weighted by molar-refractivity contribution is 8.02. The van der Waals surface area contributed by atoms with Crippen molar-refractivity contribution >= 4 is 17.3 Å². The molecule has 0 nitrogen and oxygen atoms in total. The Kier molecular flexibility index (Phi) is 1.59. The first kappa shape index (κ1) is 6.74. The van der Waals surface area contributed by atoms with Crippen LogP contribution in [0.2, 0.25) is 0 Å². The van der Waals surface area contributed by atoms with E-state index in [1.54, 1.807) is 11.8 Å². The van der Waals surface area contributed by atoms with E-state index in [0.29, 0.717) is 0 Å². The van der Waals surface area contributed by atoms with Gasteiger partial charge in [0.15, 0.2) is 0 Å². The number of thioether (sulfide) groups is 1. The zero-order valence-electron chi connectivity index (χ0n) is 6.08. The Morgan fingerprint density at radius 3 is 2.82 bits per heavy atom. The van der Waals surface area contributed by atoms with Crippen LogP contribution in [0.3, 0.4) is 0 Å². The van der Waals surface area contributed by atoms with Gasteiger partial charge in [0, 0.05) is 4.90 Å². The zero-order valence-corrected chi connectivity index (χ0v) is 6.90. The van der Waals surface area contributed by atoms with Crippen molar-refractivity contribution in [2.75, 3.05) is 0 Å². The predicted molar refractivity (Wildman–Crippen MR) is 50.5 cm³/mol. The monoisotopic (exact) mass is 160 g/mol. The highest BCUT2D eigenvalue weighted by Gasteiger charge is 2.05. The van der Waals surface area contributed by atoms with E-state index in [1.165, 1.54) is 10.5 Å². The molecule has 0 aliphatic carbocycles. The molecule has 0 radical (unpaired) electrons. The minimum absolute atomic E-state index is 1.11. The van der Waals surface area contributed by atoms with Gasteiger partial charge in [-0.3, -0.25) is 0 Å². The van der Waals surface area contributed by atoms with E-state index in [1.807, 2.05) is 12.1 Å². The van der Waals surface area contributed by atoms with Crippen LogP contribution in [0.4, 0.5) is 0 Å². The first-order chi connectivity index (χ1) is 5.38. The van der Waals surface area contributed by atoms with Crippen molar-refractivity contribution < 1.29 is 0 Å². The Labute approximate surface area is 70.6 Å². The van der Waals surface area contributed by atoms with E-state index < -0.39 is 0 Å². The van der Waals surface area contributed by atoms with Crippen LogP contribution in [0.25, 0.3) is 5.57 Å². The van der Waals surface area contributed by atoms with Gasteiger partial charge in [-0.25, -0.2) is 0 Å². The SMILES string of the molecule is C=C1C=CSc2ccccc21. The zero-order chi connectivity index (χ0) is 7.68. The van der Waals surface area contributed by atoms with Crippen LogP contribution < -0.4 is 0 Å². The third-order valence-corrected chi connectivity index (χ3v) is 2.58. The summed E-state index contributed by atoms with van der Waals surface area (Å²) in [6.07, 6.45) is 2.05. The maximum absolute atomic E-state index is 3.96. The largest absolute Gasteiger partial charge is 0.0974 e. The first-order valence-corrected chi connectivity index (χ1v) is 4.37. The van der Waals surface area contributed by atoms with Crippen LogP contribution >= 0.6 is 11.8 Å². The lowest BCUT2D eigenvalue weighted by Crippen LogP contribution is -1.85. The summed E-state index contributed by atoms with van der Waals surface area (Å²) < 4.78 is 0. The minimum atomic E-state index is 1.11. The van der Waals surface area contributed by atoms with Gasteiger partial charge >= 0.3 is 0 Å². The maximum atomic E-state index is 3.96. The molecule has 0 aromatic heterocycles. The molecule has 1 aliphatic rings. The van der Waals surface area contributed by atoms with Crippen LogP contribution in [0.5, 0.6) is 0 Å². The molecule has 54 valence electrons. The van der Waals surface area contributed by atoms with E-state index in [2.05, 4.69) is 30.2 Å². The summed E-state index contributed by atoms with van der Waals surface area (Å²) in [6, 6.07) is 8.32. The fraction of sp³-hybridized carbons (Fsp3) is 0. The Bertz CT molecular complexity index is 323. The van der Waals surface area contributed by atoms with Gasteiger partial charge in [0.1, 0.15) is 0 Å². The highest BCUT2D eigenvalue weighted by atomic mass is 32.2. The smallest absolute Gasteiger partial charge is 0.0194 e. The van der Waals surface area contributed by atoms with E-state index in [4.69, 9.17) is 0 Å². The number of hydrogen-bond acceptors (Lipinski definition) is 1. The summed E-state index contributed by atoms with van der Waals surface area (Å²) in [7, 11) is 0. The van der Waals surface area contributed by atoms with Crippen molar-refractivity contribution in [1.29, 1.82) is 0 Å². The van der Waals surface area contributed by atoms with Gasteiger partial charge in [0.05, 0.1) is 0 Å². The van der Waals surface area contributed by atoms with Crippen molar-refractivity contribution in [2.45, 2.75) is 4.90 Å². The second-order valence-electron chi connectivity index (χ2n) is 2.44. The van der Waals surface area contributed by atoms with Gasteiger partial charge in [-0.1, -0.05) is 36.5 Å². The Morgan fingerprint density at radius 1 is 1.18 bits per heavy atom. The Balaban J connectivity index is 2.59. The second kappa shape index (κ2) is 2.59. The second-order valence-corrected chi connectivity index (χ2v) is 3.39. The van der Waals surface area contributed by atoms with Gasteiger partial charge in [-0.2, -0.15) is 0 Å². The lowest BCUT2D eigenvalue weighted by molar-refractivity contribution is 1.40. The molecule has 1 heteroatoms. The third-order valence-electron chi connectivity index (χ3n) is 1.70. The maximum Gasteiger partial charge on any atom is 0.0194 e. The normalized spacial score (nSPS) is 14.7. The van der Waals surface area contributed by atoms with Gasteiger partial charge in [0.2, 0.25) is 0 Å². The van der Waals surface area contributed by atoms with E-state index in [9.17, 15) is 0 Å². The molecular formula is C10H8S. The quantitative estimate of drug-likeness (QED) is 0.561. The van der Waals surface area contributed by atoms with Crippen molar-refractivity contribution in [1.82, 2.24) is 0 Å². The number of hydrogen-bond donors (Lipinski definition) is 0. The number of benzene rings is 1. The Morgan fingerprint density at radius 2 is 2.00 bits per heavy atom. The fourth-order valence-corrected chi connectivity index (χ4v) is 1.98. The molecule has 0 saturated heterocycles. The summed E-state index contributed by atoms with van der Waals surface area (Å²) >= 11 is 1.75. The topological polar surface area (TPSA) is 0 Å². The molecule has 0 fully saturated rings. The number of fused-ring (bicyclic) bond motifs is 1. The third kappa shape index (κ3) is 1.12. The molecule has 0 atom stereocenters. The average Bonchev–Trinajstić information content (AvgIpc) is 2.06. The van der Waals surface area contributed by atoms with Crippen molar-refractivity contribution in [2.24, 2.45) is 0 Å². The summed E-state index contributed by atoms with van der Waals surface area (Å²) in [5, 5.41) is 2.07. The van der Waals surface area contributed by atoms with Crippen LogP contribution in [-0.4, -0.2) is 0 Å². The molecule has 0 N–H and O–H groups in total. The van der Waals surface area contributed by atoms with Crippen molar-refractivity contribution in [3.8, 4) is 0 Å². The lowest BCUT2D eigenvalue weighted by atomic mass is 10.1. The number of allylic oxidation sites excluding steroid dienone is 2. The molecule has 1 aromatic rings. The van der Waals surface area contributed by atoms with E-state index in [-0.39, 0.29) is 0 Å². The van der Waals surface area contributed by atoms with E-state index in [0.717, 1.165) is 5.57 Å². The van der Waals surface area contributed by atoms with Crippen LogP contribution in [-0.2, 0) is 0 Å². The standard InChI is InChI=1S/C10H8S/c1-8-6-7-11-10-5-3-2-4-9(8)10/h2-7H,1H2. The highest BCUT2D eigenvalue weighted by Crippen LogP contribution is 2.33. The molecule has 1 aromatic carbocycles. The molecule has 0 bridgehead atoms. The minimum Gasteiger partial charge on any atom is -0.0974 e. The molecule has 2 rings (SSSR count). The first-order valence-electron chi connectivity index (χ1n) is 3.49. The molecule has 1 heterocycles. The van der Waals surface area contributed by atoms with Crippen molar-refractivity contribution in [3.63, 3.8) is 0 Å².